The van der Waals surface area contributed by atoms with Gasteiger partial charge in [0.15, 0.2) is 5.69 Å². The molecule has 0 atom stereocenters. The van der Waals surface area contributed by atoms with Gasteiger partial charge in [0.2, 0.25) is 0 Å². The number of aromatic nitrogens is 3. The summed E-state index contributed by atoms with van der Waals surface area (Å²) >= 11 is 0. The van der Waals surface area contributed by atoms with Gasteiger partial charge in [-0.2, -0.15) is 5.10 Å². The molecule has 2 aromatic rings. The Bertz CT molecular complexity index is 746. The highest BCUT2D eigenvalue weighted by molar-refractivity contribution is 5.95. The van der Waals surface area contributed by atoms with Gasteiger partial charge in [0.1, 0.15) is 12.1 Å². The fourth-order valence-corrected chi connectivity index (χ4v) is 1.89. The predicted molar refractivity (Wildman–Crippen MR) is 74.1 cm³/mol. The summed E-state index contributed by atoms with van der Waals surface area (Å²) in [7, 11) is 1.47. The second-order valence-electron chi connectivity index (χ2n) is 4.59. The van der Waals surface area contributed by atoms with Crippen LogP contribution >= 0.6 is 0 Å². The number of nitrogens with zero attached hydrogens (tertiary/aromatic N) is 3. The van der Waals surface area contributed by atoms with Crippen molar-refractivity contribution in [3.63, 3.8) is 0 Å². The number of amides is 1. The van der Waals surface area contributed by atoms with Crippen molar-refractivity contribution in [1.29, 1.82) is 0 Å². The van der Waals surface area contributed by atoms with Crippen molar-refractivity contribution in [2.45, 2.75) is 13.8 Å². The smallest absolute Gasteiger partial charge is 0.325 e. The number of aryl methyl sites for hydroxylation is 1. The number of hydrogen-bond donors (Lipinski definition) is 1. The molecule has 8 heteroatoms. The maximum atomic E-state index is 12.2. The molecule has 21 heavy (non-hydrogen) atoms. The van der Waals surface area contributed by atoms with E-state index >= 15 is 0 Å². The van der Waals surface area contributed by atoms with E-state index in [-0.39, 0.29) is 29.9 Å². The Labute approximate surface area is 120 Å². The van der Waals surface area contributed by atoms with E-state index in [1.54, 1.807) is 20.0 Å². The molecule has 2 heterocycles. The summed E-state index contributed by atoms with van der Waals surface area (Å²) in [4.78, 5) is 39.1. The molecule has 2 aromatic heterocycles. The van der Waals surface area contributed by atoms with Crippen molar-refractivity contribution < 1.29 is 14.3 Å². The Morgan fingerprint density at radius 2 is 2.19 bits per heavy atom. The molecule has 0 bridgehead atoms. The molecule has 0 fully saturated rings. The van der Waals surface area contributed by atoms with E-state index in [0.29, 0.717) is 5.69 Å². The zero-order chi connectivity index (χ0) is 15.6. The number of hydrogen-bond acceptors (Lipinski definition) is 5. The van der Waals surface area contributed by atoms with Gasteiger partial charge in [-0.25, -0.2) is 4.52 Å². The van der Waals surface area contributed by atoms with Gasteiger partial charge in [-0.15, -0.1) is 0 Å². The number of aromatic amines is 1. The lowest BCUT2D eigenvalue weighted by Gasteiger charge is -2.14. The predicted octanol–water partition coefficient (Wildman–Crippen LogP) is -0.0339. The standard InChI is InChI=1S/C13H16N4O4/c1-4-21-11(18)7-16(3)13(20)9-5-10-12(19)14-8(2)6-17(10)15-9/h5-6H,4,7H2,1-3H3,(H,14,19). The Hall–Kier alpha value is -2.64. The summed E-state index contributed by atoms with van der Waals surface area (Å²) in [6, 6.07) is 1.39. The fraction of sp³-hybridized carbons (Fsp3) is 0.385. The van der Waals surface area contributed by atoms with E-state index in [0.717, 1.165) is 0 Å². The molecular formula is C13H16N4O4. The van der Waals surface area contributed by atoms with Crippen LogP contribution in [0, 0.1) is 6.92 Å². The second kappa shape index (κ2) is 5.78. The van der Waals surface area contributed by atoms with Crippen molar-refractivity contribution in [3.8, 4) is 0 Å². The van der Waals surface area contributed by atoms with Gasteiger partial charge in [0, 0.05) is 25.0 Å². The van der Waals surface area contributed by atoms with E-state index < -0.39 is 11.9 Å². The number of H-pyrrole nitrogens is 1. The Morgan fingerprint density at radius 1 is 1.48 bits per heavy atom. The average molecular weight is 292 g/mol. The molecule has 1 N–H and O–H groups in total. The highest BCUT2D eigenvalue weighted by Gasteiger charge is 2.19. The molecule has 0 saturated heterocycles. The Morgan fingerprint density at radius 3 is 2.86 bits per heavy atom. The maximum Gasteiger partial charge on any atom is 0.325 e. The van der Waals surface area contributed by atoms with Gasteiger partial charge < -0.3 is 14.6 Å². The van der Waals surface area contributed by atoms with Crippen LogP contribution in [0.15, 0.2) is 17.1 Å². The van der Waals surface area contributed by atoms with Crippen LogP contribution in [-0.2, 0) is 9.53 Å². The first-order chi connectivity index (χ1) is 9.92. The Balaban J connectivity index is 2.25. The van der Waals surface area contributed by atoms with E-state index in [2.05, 4.69) is 10.1 Å². The van der Waals surface area contributed by atoms with E-state index in [1.807, 2.05) is 0 Å². The number of carbonyl (C=O) groups excluding carboxylic acids is 2. The van der Waals surface area contributed by atoms with Gasteiger partial charge in [-0.05, 0) is 13.8 Å². The number of esters is 1. The van der Waals surface area contributed by atoms with Crippen molar-refractivity contribution in [3.05, 3.63) is 34.0 Å². The minimum Gasteiger partial charge on any atom is -0.465 e. The minimum atomic E-state index is -0.495. The molecule has 1 amide bonds. The molecule has 0 spiro atoms. The highest BCUT2D eigenvalue weighted by Crippen LogP contribution is 2.05. The molecule has 8 nitrogen and oxygen atoms in total. The molecule has 0 aliphatic heterocycles. The van der Waals surface area contributed by atoms with E-state index in [1.165, 1.54) is 22.5 Å². The van der Waals surface area contributed by atoms with Gasteiger partial charge in [0.05, 0.1) is 6.61 Å². The first kappa shape index (κ1) is 14.8. The summed E-state index contributed by atoms with van der Waals surface area (Å²) in [5.41, 5.74) is 0.676. The summed E-state index contributed by atoms with van der Waals surface area (Å²) in [5.74, 6) is -0.949. The van der Waals surface area contributed by atoms with Gasteiger partial charge in [0.25, 0.3) is 11.5 Å². The summed E-state index contributed by atoms with van der Waals surface area (Å²) < 4.78 is 6.13. The van der Waals surface area contributed by atoms with Crippen molar-refractivity contribution in [1.82, 2.24) is 19.5 Å². The molecule has 2 rings (SSSR count). The van der Waals surface area contributed by atoms with Gasteiger partial charge in [-0.3, -0.25) is 14.4 Å². The fourth-order valence-electron chi connectivity index (χ4n) is 1.89. The van der Waals surface area contributed by atoms with Crippen LogP contribution < -0.4 is 5.56 Å². The third-order valence-electron chi connectivity index (χ3n) is 2.83. The topological polar surface area (TPSA) is 96.8 Å². The third-order valence-corrected chi connectivity index (χ3v) is 2.83. The minimum absolute atomic E-state index is 0.0953. The number of rotatable bonds is 4. The van der Waals surface area contributed by atoms with Crippen LogP contribution in [-0.4, -0.2) is 51.6 Å². The number of likely N-dealkylation sites (N-methyl/N-ethyl adjacent to an activating group) is 1. The summed E-state index contributed by atoms with van der Waals surface area (Å²) in [6.45, 7) is 3.49. The van der Waals surface area contributed by atoms with Crippen molar-refractivity contribution >= 4 is 17.4 Å². The first-order valence-electron chi connectivity index (χ1n) is 6.42. The van der Waals surface area contributed by atoms with Crippen LogP contribution in [0.2, 0.25) is 0 Å². The lowest BCUT2D eigenvalue weighted by molar-refractivity contribution is -0.143. The van der Waals surface area contributed by atoms with Crippen LogP contribution in [0.4, 0.5) is 0 Å². The second-order valence-corrected chi connectivity index (χ2v) is 4.59. The first-order valence-corrected chi connectivity index (χ1v) is 6.42. The number of nitrogens with one attached hydrogen (secondary N) is 1. The van der Waals surface area contributed by atoms with Gasteiger partial charge >= 0.3 is 5.97 Å². The monoisotopic (exact) mass is 292 g/mol. The third kappa shape index (κ3) is 3.10. The normalized spacial score (nSPS) is 10.6. The zero-order valence-electron chi connectivity index (χ0n) is 12.0. The van der Waals surface area contributed by atoms with Crippen LogP contribution in [0.25, 0.3) is 5.52 Å². The molecule has 0 aromatic carbocycles. The summed E-state index contributed by atoms with van der Waals surface area (Å²) in [5, 5.41) is 4.06. The molecule has 0 aliphatic rings. The molecule has 0 unspecified atom stereocenters. The average Bonchev–Trinajstić information content (AvgIpc) is 2.81. The SMILES string of the molecule is CCOC(=O)CN(C)C(=O)c1cc2c(=O)[nH]c(C)cn2n1. The van der Waals surface area contributed by atoms with Crippen LogP contribution in [0.3, 0.4) is 0 Å². The zero-order valence-corrected chi connectivity index (χ0v) is 12.0. The number of ether oxygens (including phenoxy) is 1. The lowest BCUT2D eigenvalue weighted by Crippen LogP contribution is -2.33. The Kier molecular flexibility index (Phi) is 4.06. The maximum absolute atomic E-state index is 12.2. The number of carbonyl (C=O) groups is 2. The van der Waals surface area contributed by atoms with Crippen molar-refractivity contribution in [2.24, 2.45) is 0 Å². The summed E-state index contributed by atoms with van der Waals surface area (Å²) in [6.07, 6.45) is 1.61. The number of fused-ring (bicyclic) bond motifs is 1. The van der Waals surface area contributed by atoms with Crippen LogP contribution in [0.1, 0.15) is 23.1 Å². The largest absolute Gasteiger partial charge is 0.465 e. The molecular weight excluding hydrogens is 276 g/mol. The van der Waals surface area contributed by atoms with Gasteiger partial charge in [-0.1, -0.05) is 0 Å². The van der Waals surface area contributed by atoms with E-state index in [4.69, 9.17) is 4.74 Å². The molecule has 0 saturated carbocycles. The quantitative estimate of drug-likeness (QED) is 0.798. The molecule has 0 aliphatic carbocycles. The van der Waals surface area contributed by atoms with Crippen molar-refractivity contribution in [2.75, 3.05) is 20.2 Å². The lowest BCUT2D eigenvalue weighted by atomic mass is 10.3. The highest BCUT2D eigenvalue weighted by atomic mass is 16.5. The van der Waals surface area contributed by atoms with E-state index in [9.17, 15) is 14.4 Å². The molecule has 0 radical (unpaired) electrons. The van der Waals surface area contributed by atoms with Crippen LogP contribution in [0.5, 0.6) is 0 Å². The molecule has 112 valence electrons.